The lowest BCUT2D eigenvalue weighted by atomic mass is 10.0. The first-order valence-corrected chi connectivity index (χ1v) is 5.53. The minimum atomic E-state index is 0.318. The van der Waals surface area contributed by atoms with Crippen molar-refractivity contribution in [1.82, 2.24) is 0 Å². The Bertz CT molecular complexity index is 495. The van der Waals surface area contributed by atoms with Gasteiger partial charge in [-0.1, -0.05) is 36.4 Å². The summed E-state index contributed by atoms with van der Waals surface area (Å²) in [5.41, 5.74) is 10.7. The fourth-order valence-electron chi connectivity index (χ4n) is 2.31. The molecule has 16 heavy (non-hydrogen) atoms. The average Bonchev–Trinajstić information content (AvgIpc) is 2.73. The predicted molar refractivity (Wildman–Crippen MR) is 67.4 cm³/mol. The van der Waals surface area contributed by atoms with E-state index in [-0.39, 0.29) is 0 Å². The summed E-state index contributed by atoms with van der Waals surface area (Å²) in [4.78, 5) is 0. The van der Waals surface area contributed by atoms with Crippen LogP contribution in [0, 0.1) is 0 Å². The average molecular weight is 210 g/mol. The molecule has 3 N–H and O–H groups in total. The van der Waals surface area contributed by atoms with Crippen molar-refractivity contribution < 1.29 is 0 Å². The molecule has 0 bridgehead atoms. The standard InChI is InChI=1S/C14H14N2/c15-12-7-3-2-6-11(12)14-9-10-5-1-4-8-13(10)16-14/h1-8,14,16H,9,15H2. The molecule has 1 atom stereocenters. The van der Waals surface area contributed by atoms with Crippen molar-refractivity contribution in [2.45, 2.75) is 12.5 Å². The van der Waals surface area contributed by atoms with Crippen LogP contribution in [0.15, 0.2) is 48.5 Å². The second-order valence-corrected chi connectivity index (χ2v) is 4.19. The zero-order chi connectivity index (χ0) is 11.0. The fraction of sp³-hybridized carbons (Fsp3) is 0.143. The van der Waals surface area contributed by atoms with Gasteiger partial charge in [-0.2, -0.15) is 0 Å². The van der Waals surface area contributed by atoms with Crippen molar-refractivity contribution in [3.05, 3.63) is 59.7 Å². The second-order valence-electron chi connectivity index (χ2n) is 4.19. The van der Waals surface area contributed by atoms with Crippen molar-refractivity contribution in [3.8, 4) is 0 Å². The molecule has 80 valence electrons. The number of rotatable bonds is 1. The van der Waals surface area contributed by atoms with E-state index in [1.807, 2.05) is 18.2 Å². The van der Waals surface area contributed by atoms with E-state index in [1.165, 1.54) is 16.8 Å². The summed E-state index contributed by atoms with van der Waals surface area (Å²) >= 11 is 0. The van der Waals surface area contributed by atoms with Gasteiger partial charge >= 0.3 is 0 Å². The summed E-state index contributed by atoms with van der Waals surface area (Å²) in [6.07, 6.45) is 1.02. The molecule has 2 nitrogen and oxygen atoms in total. The normalized spacial score (nSPS) is 17.9. The molecule has 1 aliphatic heterocycles. The molecule has 0 saturated carbocycles. The van der Waals surface area contributed by atoms with Gasteiger partial charge in [0.2, 0.25) is 0 Å². The highest BCUT2D eigenvalue weighted by Crippen LogP contribution is 2.35. The van der Waals surface area contributed by atoms with Crippen molar-refractivity contribution in [2.24, 2.45) is 0 Å². The molecule has 3 rings (SSSR count). The first-order chi connectivity index (χ1) is 7.84. The Balaban J connectivity index is 1.95. The second kappa shape index (κ2) is 3.56. The van der Waals surface area contributed by atoms with Gasteiger partial charge in [0.1, 0.15) is 0 Å². The molecule has 0 amide bonds. The van der Waals surface area contributed by atoms with E-state index in [1.54, 1.807) is 0 Å². The van der Waals surface area contributed by atoms with E-state index in [4.69, 9.17) is 5.73 Å². The third-order valence-corrected chi connectivity index (χ3v) is 3.14. The van der Waals surface area contributed by atoms with Crippen LogP contribution in [0.1, 0.15) is 17.2 Å². The maximum Gasteiger partial charge on any atom is 0.0575 e. The van der Waals surface area contributed by atoms with Gasteiger partial charge in [-0.15, -0.1) is 0 Å². The lowest BCUT2D eigenvalue weighted by Gasteiger charge is -2.13. The SMILES string of the molecule is Nc1ccccc1C1Cc2ccccc2N1. The molecule has 0 saturated heterocycles. The predicted octanol–water partition coefficient (Wildman–Crippen LogP) is 2.98. The van der Waals surface area contributed by atoms with E-state index in [0.29, 0.717) is 6.04 Å². The molecule has 2 aromatic carbocycles. The van der Waals surface area contributed by atoms with Gasteiger partial charge in [0.05, 0.1) is 6.04 Å². The van der Waals surface area contributed by atoms with Gasteiger partial charge in [0.25, 0.3) is 0 Å². The zero-order valence-corrected chi connectivity index (χ0v) is 8.98. The molecular formula is C14H14N2. The Morgan fingerprint density at radius 1 is 1.00 bits per heavy atom. The summed E-state index contributed by atoms with van der Waals surface area (Å²) < 4.78 is 0. The summed E-state index contributed by atoms with van der Waals surface area (Å²) in [7, 11) is 0. The van der Waals surface area contributed by atoms with Gasteiger partial charge in [-0.3, -0.25) is 0 Å². The smallest absolute Gasteiger partial charge is 0.0575 e. The highest BCUT2D eigenvalue weighted by Gasteiger charge is 2.22. The Labute approximate surface area is 95.1 Å². The van der Waals surface area contributed by atoms with E-state index in [2.05, 4.69) is 35.6 Å². The Kier molecular flexibility index (Phi) is 2.07. The van der Waals surface area contributed by atoms with Crippen LogP contribution < -0.4 is 11.1 Å². The number of hydrogen-bond donors (Lipinski definition) is 2. The van der Waals surface area contributed by atoms with Crippen molar-refractivity contribution in [3.63, 3.8) is 0 Å². The molecule has 1 heterocycles. The molecule has 0 aliphatic carbocycles. The van der Waals surface area contributed by atoms with Crippen molar-refractivity contribution in [2.75, 3.05) is 11.1 Å². The van der Waals surface area contributed by atoms with Crippen LogP contribution in [0.5, 0.6) is 0 Å². The minimum absolute atomic E-state index is 0.318. The van der Waals surface area contributed by atoms with Gasteiger partial charge in [-0.25, -0.2) is 0 Å². The Hall–Kier alpha value is -1.96. The maximum atomic E-state index is 6.00. The summed E-state index contributed by atoms with van der Waals surface area (Å²) in [5.74, 6) is 0. The number of nitrogens with two attached hydrogens (primary N) is 1. The molecule has 0 radical (unpaired) electrons. The molecular weight excluding hydrogens is 196 g/mol. The van der Waals surface area contributed by atoms with Crippen molar-refractivity contribution >= 4 is 11.4 Å². The van der Waals surface area contributed by atoms with Gasteiger partial charge < -0.3 is 11.1 Å². The van der Waals surface area contributed by atoms with E-state index >= 15 is 0 Å². The van der Waals surface area contributed by atoms with Crippen LogP contribution in [0.4, 0.5) is 11.4 Å². The fourth-order valence-corrected chi connectivity index (χ4v) is 2.31. The quantitative estimate of drug-likeness (QED) is 0.710. The third kappa shape index (κ3) is 1.43. The molecule has 0 spiro atoms. The van der Waals surface area contributed by atoms with Crippen LogP contribution in [0.3, 0.4) is 0 Å². The third-order valence-electron chi connectivity index (χ3n) is 3.14. The largest absolute Gasteiger partial charge is 0.398 e. The van der Waals surface area contributed by atoms with Crippen LogP contribution in [-0.4, -0.2) is 0 Å². The minimum Gasteiger partial charge on any atom is -0.398 e. The number of benzene rings is 2. The zero-order valence-electron chi connectivity index (χ0n) is 8.98. The number of anilines is 2. The lowest BCUT2D eigenvalue weighted by molar-refractivity contribution is 0.827. The van der Waals surface area contributed by atoms with Crippen molar-refractivity contribution in [1.29, 1.82) is 0 Å². The monoisotopic (exact) mass is 210 g/mol. The van der Waals surface area contributed by atoms with Gasteiger partial charge in [0.15, 0.2) is 0 Å². The number of fused-ring (bicyclic) bond motifs is 1. The summed E-state index contributed by atoms with van der Waals surface area (Å²) in [6, 6.07) is 16.8. The Morgan fingerprint density at radius 2 is 1.75 bits per heavy atom. The van der Waals surface area contributed by atoms with E-state index < -0.39 is 0 Å². The van der Waals surface area contributed by atoms with Crippen LogP contribution in [0.2, 0.25) is 0 Å². The maximum absolute atomic E-state index is 6.00. The number of nitrogens with one attached hydrogen (secondary N) is 1. The van der Waals surface area contributed by atoms with Crippen LogP contribution >= 0.6 is 0 Å². The summed E-state index contributed by atoms with van der Waals surface area (Å²) in [6.45, 7) is 0. The highest BCUT2D eigenvalue weighted by molar-refractivity contribution is 5.61. The first-order valence-electron chi connectivity index (χ1n) is 5.53. The topological polar surface area (TPSA) is 38.0 Å². The van der Waals surface area contributed by atoms with E-state index in [9.17, 15) is 0 Å². The molecule has 1 unspecified atom stereocenters. The van der Waals surface area contributed by atoms with E-state index in [0.717, 1.165) is 12.1 Å². The number of para-hydroxylation sites is 2. The van der Waals surface area contributed by atoms with Crippen LogP contribution in [-0.2, 0) is 6.42 Å². The molecule has 2 heteroatoms. The molecule has 0 fully saturated rings. The number of nitrogen functional groups attached to an aromatic ring is 1. The summed E-state index contributed by atoms with van der Waals surface area (Å²) in [5, 5.41) is 3.51. The lowest BCUT2D eigenvalue weighted by Crippen LogP contribution is -2.08. The molecule has 2 aromatic rings. The van der Waals surface area contributed by atoms with Gasteiger partial charge in [-0.05, 0) is 29.7 Å². The number of hydrogen-bond acceptors (Lipinski definition) is 2. The highest BCUT2D eigenvalue weighted by atomic mass is 15.0. The molecule has 1 aliphatic rings. The Morgan fingerprint density at radius 3 is 2.56 bits per heavy atom. The molecule has 0 aromatic heterocycles. The first kappa shape index (κ1) is 9.28. The van der Waals surface area contributed by atoms with Crippen LogP contribution in [0.25, 0.3) is 0 Å². The van der Waals surface area contributed by atoms with Gasteiger partial charge in [0, 0.05) is 11.4 Å².